The van der Waals surface area contributed by atoms with Gasteiger partial charge >= 0.3 is 11.9 Å². The van der Waals surface area contributed by atoms with Crippen LogP contribution in [0.1, 0.15) is 328 Å². The number of allylic oxidation sites excluding steroid dienone is 8. The van der Waals surface area contributed by atoms with Crippen LogP contribution in [0.15, 0.2) is 48.6 Å². The summed E-state index contributed by atoms with van der Waals surface area (Å²) in [4.78, 5) is 37.3. The Kier molecular flexibility index (Phi) is 60.2. The molecular formula is C71H131NO8. The first-order valence-electron chi connectivity index (χ1n) is 34.3. The lowest BCUT2D eigenvalue weighted by Gasteiger charge is -2.26. The molecule has 0 bridgehead atoms. The van der Waals surface area contributed by atoms with Gasteiger partial charge in [0.1, 0.15) is 13.2 Å². The van der Waals surface area contributed by atoms with Gasteiger partial charge in [-0.25, -0.2) is 0 Å². The lowest BCUT2D eigenvalue weighted by atomic mass is 10.0. The fourth-order valence-electron chi connectivity index (χ4n) is 10.0. The SMILES string of the molecule is CCCCCCC/C=C\C/C=C\C/C=C\CCCCCCCCCCCCCCCCCCCCCCCCCCCCC(=O)OC(COC(=O)CCCCCCC/C=C\CCCCCCC)COC(OCC[N+](C)(C)C)C(=O)[O-]. The second-order valence-electron chi connectivity index (χ2n) is 24.5. The number of ether oxygens (including phenoxy) is 4. The molecule has 0 fully saturated rings. The minimum Gasteiger partial charge on any atom is -0.545 e. The minimum absolute atomic E-state index is 0.148. The number of hydrogen-bond acceptors (Lipinski definition) is 8. The van der Waals surface area contributed by atoms with Gasteiger partial charge in [-0.2, -0.15) is 0 Å². The molecule has 0 aromatic carbocycles. The lowest BCUT2D eigenvalue weighted by molar-refractivity contribution is -0.870. The smallest absolute Gasteiger partial charge is 0.306 e. The van der Waals surface area contributed by atoms with Gasteiger partial charge in [-0.1, -0.05) is 287 Å². The minimum atomic E-state index is -1.62. The number of nitrogens with zero attached hydrogens (tertiary/aromatic N) is 1. The van der Waals surface area contributed by atoms with Crippen LogP contribution in [-0.2, 0) is 33.3 Å². The van der Waals surface area contributed by atoms with Crippen molar-refractivity contribution in [1.82, 2.24) is 0 Å². The Bertz CT molecular complexity index is 1450. The highest BCUT2D eigenvalue weighted by atomic mass is 16.7. The number of carboxylic acids is 1. The van der Waals surface area contributed by atoms with E-state index in [0.717, 1.165) is 64.2 Å². The largest absolute Gasteiger partial charge is 0.545 e. The predicted molar refractivity (Wildman–Crippen MR) is 339 cm³/mol. The van der Waals surface area contributed by atoms with Crippen molar-refractivity contribution in [3.63, 3.8) is 0 Å². The Labute approximate surface area is 495 Å². The summed E-state index contributed by atoms with van der Waals surface area (Å²) in [5.41, 5.74) is 0. The van der Waals surface area contributed by atoms with Crippen molar-refractivity contribution in [2.45, 2.75) is 341 Å². The summed E-state index contributed by atoms with van der Waals surface area (Å²) in [5.74, 6) is -2.28. The molecule has 9 heteroatoms. The normalized spacial score (nSPS) is 13.0. The number of quaternary nitrogens is 1. The van der Waals surface area contributed by atoms with E-state index in [2.05, 4.69) is 62.5 Å². The van der Waals surface area contributed by atoms with E-state index in [1.54, 1.807) is 0 Å². The first kappa shape index (κ1) is 77.2. The van der Waals surface area contributed by atoms with Gasteiger partial charge in [-0.15, -0.1) is 0 Å². The van der Waals surface area contributed by atoms with Gasteiger partial charge in [-0.3, -0.25) is 9.59 Å². The van der Waals surface area contributed by atoms with Crippen molar-refractivity contribution < 1.29 is 42.9 Å². The second kappa shape index (κ2) is 62.3. The molecule has 0 saturated heterocycles. The number of aliphatic carboxylic acids is 1. The number of carbonyl (C=O) groups is 3. The summed E-state index contributed by atoms with van der Waals surface area (Å²) in [6.45, 7) is 4.75. The summed E-state index contributed by atoms with van der Waals surface area (Å²) in [7, 11) is 5.93. The third-order valence-corrected chi connectivity index (χ3v) is 15.3. The summed E-state index contributed by atoms with van der Waals surface area (Å²) >= 11 is 0. The summed E-state index contributed by atoms with van der Waals surface area (Å²) in [6.07, 6.45) is 76.5. The number of unbranched alkanes of at least 4 members (excludes halogenated alkanes) is 41. The van der Waals surface area contributed by atoms with Crippen LogP contribution in [0.25, 0.3) is 0 Å². The molecule has 2 atom stereocenters. The first-order chi connectivity index (χ1) is 39.1. The average Bonchev–Trinajstić information content (AvgIpc) is 3.43. The van der Waals surface area contributed by atoms with Crippen molar-refractivity contribution in [2.75, 3.05) is 47.5 Å². The van der Waals surface area contributed by atoms with Crippen LogP contribution in [0.4, 0.5) is 0 Å². The maximum atomic E-state index is 12.9. The molecule has 0 radical (unpaired) electrons. The molecule has 0 heterocycles. The van der Waals surface area contributed by atoms with Gasteiger partial charge < -0.3 is 33.3 Å². The molecule has 0 spiro atoms. The molecule has 0 aromatic heterocycles. The number of rotatable bonds is 64. The molecule has 0 N–H and O–H groups in total. The van der Waals surface area contributed by atoms with Crippen LogP contribution in [-0.4, -0.2) is 82.3 Å². The van der Waals surface area contributed by atoms with Gasteiger partial charge in [0, 0.05) is 12.8 Å². The summed E-state index contributed by atoms with van der Waals surface area (Å²) in [5, 5.41) is 11.8. The van der Waals surface area contributed by atoms with E-state index in [1.807, 2.05) is 21.1 Å². The zero-order valence-electron chi connectivity index (χ0n) is 53.5. The maximum absolute atomic E-state index is 12.9. The third kappa shape index (κ3) is 62.8. The Morgan fingerprint density at radius 3 is 1.01 bits per heavy atom. The van der Waals surface area contributed by atoms with E-state index in [1.165, 1.54) is 231 Å². The molecule has 2 unspecified atom stereocenters. The Morgan fingerprint density at radius 1 is 0.375 bits per heavy atom. The highest BCUT2D eigenvalue weighted by Crippen LogP contribution is 2.18. The lowest BCUT2D eigenvalue weighted by Crippen LogP contribution is -2.44. The molecule has 0 saturated carbocycles. The maximum Gasteiger partial charge on any atom is 0.306 e. The molecule has 0 aliphatic rings. The first-order valence-corrected chi connectivity index (χ1v) is 34.3. The topological polar surface area (TPSA) is 111 Å². The van der Waals surface area contributed by atoms with Crippen LogP contribution < -0.4 is 5.11 Å². The van der Waals surface area contributed by atoms with Crippen molar-refractivity contribution >= 4 is 17.9 Å². The highest BCUT2D eigenvalue weighted by Gasteiger charge is 2.22. The predicted octanol–water partition coefficient (Wildman–Crippen LogP) is 19.6. The number of carbonyl (C=O) groups excluding carboxylic acids is 3. The van der Waals surface area contributed by atoms with Gasteiger partial charge in [0.2, 0.25) is 0 Å². The molecule has 468 valence electrons. The van der Waals surface area contributed by atoms with Crippen LogP contribution in [0, 0.1) is 0 Å². The summed E-state index contributed by atoms with van der Waals surface area (Å²) in [6, 6.07) is 0. The molecule has 0 rings (SSSR count). The third-order valence-electron chi connectivity index (χ3n) is 15.3. The van der Waals surface area contributed by atoms with E-state index in [0.29, 0.717) is 17.4 Å². The van der Waals surface area contributed by atoms with Crippen molar-refractivity contribution in [3.05, 3.63) is 48.6 Å². The van der Waals surface area contributed by atoms with E-state index in [-0.39, 0.29) is 38.6 Å². The monoisotopic (exact) mass is 1130 g/mol. The van der Waals surface area contributed by atoms with Crippen LogP contribution in [0.5, 0.6) is 0 Å². The standard InChI is InChI=1S/C71H131NO8/c1-6-8-10-12-14-16-18-20-22-23-24-25-26-27-28-29-30-31-32-33-34-35-36-37-38-39-40-41-42-43-44-45-46-47-48-50-52-54-56-58-60-62-69(74)80-67(66-79-71(70(75)76)77-64-63-72(3,4)5)65-78-68(73)61-59-57-55-53-51-49-21-19-17-15-13-11-9-7-2/h18-21,23-24,26-27,67,71H,6-17,22,25,28-66H2,1-5H3/b20-18-,21-19-,24-23-,27-26-. The number of carboxylic acid groups (broad SMARTS) is 1. The fraction of sp³-hybridized carbons (Fsp3) is 0.845. The quantitative estimate of drug-likeness (QED) is 0.0195. The van der Waals surface area contributed by atoms with Gasteiger partial charge in [0.25, 0.3) is 0 Å². The average molecular weight is 1130 g/mol. The highest BCUT2D eigenvalue weighted by molar-refractivity contribution is 5.70. The molecule has 0 aliphatic heterocycles. The van der Waals surface area contributed by atoms with E-state index in [9.17, 15) is 19.5 Å². The molecular weight excluding hydrogens is 995 g/mol. The van der Waals surface area contributed by atoms with Gasteiger partial charge in [-0.05, 0) is 77.0 Å². The van der Waals surface area contributed by atoms with Gasteiger partial charge in [0.15, 0.2) is 12.4 Å². The molecule has 80 heavy (non-hydrogen) atoms. The zero-order chi connectivity index (χ0) is 58.3. The van der Waals surface area contributed by atoms with Gasteiger partial charge in [0.05, 0.1) is 40.3 Å². The molecule has 0 aromatic rings. The second-order valence-corrected chi connectivity index (χ2v) is 24.5. The van der Waals surface area contributed by atoms with Crippen molar-refractivity contribution in [3.8, 4) is 0 Å². The number of esters is 2. The summed E-state index contributed by atoms with van der Waals surface area (Å²) < 4.78 is 22.7. The Balaban J connectivity index is 3.91. The number of likely N-dealkylation sites (N-methyl/N-ethyl adjacent to an activating group) is 1. The van der Waals surface area contributed by atoms with Crippen molar-refractivity contribution in [2.24, 2.45) is 0 Å². The van der Waals surface area contributed by atoms with E-state index < -0.39 is 24.3 Å². The van der Waals surface area contributed by atoms with E-state index in [4.69, 9.17) is 18.9 Å². The Hall–Kier alpha value is -2.75. The Morgan fingerprint density at radius 2 is 0.675 bits per heavy atom. The molecule has 9 nitrogen and oxygen atoms in total. The molecule has 0 amide bonds. The molecule has 0 aliphatic carbocycles. The van der Waals surface area contributed by atoms with Crippen molar-refractivity contribution in [1.29, 1.82) is 0 Å². The van der Waals surface area contributed by atoms with E-state index >= 15 is 0 Å². The van der Waals surface area contributed by atoms with Crippen LogP contribution in [0.2, 0.25) is 0 Å². The number of hydrogen-bond donors (Lipinski definition) is 0. The van der Waals surface area contributed by atoms with Crippen LogP contribution in [0.3, 0.4) is 0 Å². The zero-order valence-corrected chi connectivity index (χ0v) is 53.5. The fourth-order valence-corrected chi connectivity index (χ4v) is 10.0. The van der Waals surface area contributed by atoms with Crippen LogP contribution >= 0.6 is 0 Å².